The average molecular weight is 446 g/mol. The number of rotatable bonds is 4. The number of piperidine rings is 1. The summed E-state index contributed by atoms with van der Waals surface area (Å²) >= 11 is 0. The summed E-state index contributed by atoms with van der Waals surface area (Å²) in [5.74, 6) is -1.95. The summed E-state index contributed by atoms with van der Waals surface area (Å²) in [5.41, 5.74) is 0.449. The highest BCUT2D eigenvalue weighted by Crippen LogP contribution is 2.36. The molecule has 1 N–H and O–H groups in total. The molecule has 0 spiro atoms. The van der Waals surface area contributed by atoms with Crippen LogP contribution in [0.15, 0.2) is 24.3 Å². The molecule has 2 heterocycles. The normalized spacial score (nSPS) is 26.1. The van der Waals surface area contributed by atoms with Gasteiger partial charge in [-0.3, -0.25) is 4.79 Å². The van der Waals surface area contributed by atoms with E-state index in [0.29, 0.717) is 18.0 Å². The van der Waals surface area contributed by atoms with Crippen LogP contribution in [0.25, 0.3) is 0 Å². The Morgan fingerprint density at radius 1 is 1.19 bits per heavy atom. The zero-order valence-corrected chi connectivity index (χ0v) is 17.1. The molecule has 0 bridgehead atoms. The van der Waals surface area contributed by atoms with Gasteiger partial charge in [0, 0.05) is 44.8 Å². The average Bonchev–Trinajstić information content (AvgIpc) is 3.42. The molecule has 3 atom stereocenters. The predicted molar refractivity (Wildman–Crippen MR) is 103 cm³/mol. The van der Waals surface area contributed by atoms with Gasteiger partial charge in [0.2, 0.25) is 0 Å². The topological polar surface area (TPSA) is 70.1 Å². The highest BCUT2D eigenvalue weighted by molar-refractivity contribution is 5.94. The van der Waals surface area contributed by atoms with Gasteiger partial charge in [0.1, 0.15) is 5.82 Å². The molecule has 2 aliphatic heterocycles. The minimum atomic E-state index is -5.08. The van der Waals surface area contributed by atoms with Gasteiger partial charge in [0.05, 0.1) is 12.1 Å². The van der Waals surface area contributed by atoms with E-state index >= 15 is 0 Å². The maximum Gasteiger partial charge on any atom is 0.490 e. The van der Waals surface area contributed by atoms with Crippen molar-refractivity contribution < 1.29 is 37.0 Å². The molecule has 2 saturated heterocycles. The van der Waals surface area contributed by atoms with Crippen molar-refractivity contribution in [1.29, 1.82) is 0 Å². The minimum absolute atomic E-state index is 0.0488. The molecule has 1 aliphatic carbocycles. The van der Waals surface area contributed by atoms with Crippen molar-refractivity contribution in [3.8, 4) is 0 Å². The third kappa shape index (κ3) is 5.94. The summed E-state index contributed by atoms with van der Waals surface area (Å²) in [6, 6.07) is 6.22. The Labute approximate surface area is 177 Å². The van der Waals surface area contributed by atoms with Crippen molar-refractivity contribution in [3.05, 3.63) is 35.6 Å². The third-order valence-corrected chi connectivity index (χ3v) is 6.03. The largest absolute Gasteiger partial charge is 0.490 e. The number of carboxylic acids is 1. The number of hydrogen-bond donors (Lipinski definition) is 1. The lowest BCUT2D eigenvalue weighted by atomic mass is 9.88. The lowest BCUT2D eigenvalue weighted by Gasteiger charge is -2.41. The van der Waals surface area contributed by atoms with Gasteiger partial charge in [-0.2, -0.15) is 13.2 Å². The maximum absolute atomic E-state index is 13.5. The van der Waals surface area contributed by atoms with E-state index in [0.717, 1.165) is 32.0 Å². The number of halogens is 4. The number of nitrogens with zero attached hydrogens (tertiary/aromatic N) is 2. The number of methoxy groups -OCH3 is 1. The van der Waals surface area contributed by atoms with Crippen molar-refractivity contribution >= 4 is 11.9 Å². The molecule has 10 heteroatoms. The van der Waals surface area contributed by atoms with Crippen molar-refractivity contribution in [1.82, 2.24) is 9.80 Å². The van der Waals surface area contributed by atoms with E-state index in [1.807, 2.05) is 4.90 Å². The Balaban J connectivity index is 0.000000339. The molecular formula is C21H26F4N2O4. The Hall–Kier alpha value is -2.20. The van der Waals surface area contributed by atoms with E-state index in [4.69, 9.17) is 14.6 Å². The number of alkyl halides is 3. The standard InChI is InChI=1S/C19H25FN2O2.C2HF3O2/c1-24-18-7-8-22(19(23)14-3-2-4-15(20)9-14)17-12-21(11-16(17)18)10-13-5-6-13;3-2(4,5)1(6)7/h2-4,9,13,16-18H,5-8,10-12H2,1H3;(H,6,7)/t16-,17+,18-;/m0./s1. The van der Waals surface area contributed by atoms with E-state index in [1.54, 1.807) is 19.2 Å². The number of carboxylic acid groups (broad SMARTS) is 1. The number of aliphatic carboxylic acids is 1. The Kier molecular flexibility index (Phi) is 7.20. The lowest BCUT2D eigenvalue weighted by molar-refractivity contribution is -0.192. The zero-order valence-electron chi connectivity index (χ0n) is 17.1. The predicted octanol–water partition coefficient (Wildman–Crippen LogP) is 3.03. The molecule has 1 aromatic rings. The quantitative estimate of drug-likeness (QED) is 0.721. The summed E-state index contributed by atoms with van der Waals surface area (Å²) in [6.07, 6.45) is -1.33. The van der Waals surface area contributed by atoms with Crippen LogP contribution in [0, 0.1) is 17.7 Å². The van der Waals surface area contributed by atoms with Crippen LogP contribution >= 0.6 is 0 Å². The second-order valence-electron chi connectivity index (χ2n) is 8.27. The summed E-state index contributed by atoms with van der Waals surface area (Å²) in [5, 5.41) is 7.12. The van der Waals surface area contributed by atoms with Crippen LogP contribution in [-0.2, 0) is 9.53 Å². The molecule has 1 saturated carbocycles. The first-order chi connectivity index (χ1) is 14.6. The summed E-state index contributed by atoms with van der Waals surface area (Å²) in [7, 11) is 1.77. The molecule has 0 aromatic heterocycles. The van der Waals surface area contributed by atoms with Gasteiger partial charge in [0.15, 0.2) is 0 Å². The SMILES string of the molecule is CO[C@H]1CCN(C(=O)c2cccc(F)c2)[C@@H]2CN(CC3CC3)C[C@H]12.O=C(O)C(F)(F)F. The van der Waals surface area contributed by atoms with Crippen LogP contribution in [0.4, 0.5) is 17.6 Å². The molecule has 31 heavy (non-hydrogen) atoms. The molecule has 1 amide bonds. The summed E-state index contributed by atoms with van der Waals surface area (Å²) in [4.78, 5) is 26.3. The third-order valence-electron chi connectivity index (χ3n) is 6.03. The van der Waals surface area contributed by atoms with Crippen molar-refractivity contribution in [2.45, 2.75) is 37.6 Å². The lowest BCUT2D eigenvalue weighted by Crippen LogP contribution is -2.53. The van der Waals surface area contributed by atoms with Gasteiger partial charge in [-0.05, 0) is 43.4 Å². The van der Waals surface area contributed by atoms with Crippen molar-refractivity contribution in [3.63, 3.8) is 0 Å². The molecule has 6 nitrogen and oxygen atoms in total. The van der Waals surface area contributed by atoms with E-state index < -0.39 is 12.1 Å². The maximum atomic E-state index is 13.5. The first-order valence-electron chi connectivity index (χ1n) is 10.2. The van der Waals surface area contributed by atoms with Crippen LogP contribution in [0.1, 0.15) is 29.6 Å². The van der Waals surface area contributed by atoms with Crippen molar-refractivity contribution in [2.24, 2.45) is 11.8 Å². The van der Waals surface area contributed by atoms with Crippen LogP contribution < -0.4 is 0 Å². The van der Waals surface area contributed by atoms with Crippen LogP contribution in [0.3, 0.4) is 0 Å². The van der Waals surface area contributed by atoms with E-state index in [1.165, 1.54) is 25.0 Å². The van der Waals surface area contributed by atoms with Crippen LogP contribution in [-0.4, -0.2) is 78.4 Å². The number of carbonyl (C=O) groups excluding carboxylic acids is 1. The van der Waals surface area contributed by atoms with Gasteiger partial charge in [-0.15, -0.1) is 0 Å². The second kappa shape index (κ2) is 9.52. The fourth-order valence-corrected chi connectivity index (χ4v) is 4.38. The fourth-order valence-electron chi connectivity index (χ4n) is 4.38. The van der Waals surface area contributed by atoms with Gasteiger partial charge < -0.3 is 19.6 Å². The van der Waals surface area contributed by atoms with Gasteiger partial charge in [0.25, 0.3) is 5.91 Å². The zero-order chi connectivity index (χ0) is 22.8. The highest BCUT2D eigenvalue weighted by Gasteiger charge is 2.46. The molecular weight excluding hydrogens is 420 g/mol. The number of amides is 1. The smallest absolute Gasteiger partial charge is 0.475 e. The summed E-state index contributed by atoms with van der Waals surface area (Å²) < 4.78 is 50.9. The first-order valence-corrected chi connectivity index (χ1v) is 10.2. The molecule has 3 aliphatic rings. The number of ether oxygens (including phenoxy) is 1. The Morgan fingerprint density at radius 3 is 2.42 bits per heavy atom. The number of likely N-dealkylation sites (tertiary alicyclic amines) is 2. The molecule has 0 unspecified atom stereocenters. The fraction of sp³-hybridized carbons (Fsp3) is 0.619. The first kappa shape index (κ1) is 23.5. The van der Waals surface area contributed by atoms with E-state index in [2.05, 4.69) is 4.90 Å². The van der Waals surface area contributed by atoms with E-state index in [-0.39, 0.29) is 23.9 Å². The van der Waals surface area contributed by atoms with Crippen molar-refractivity contribution in [2.75, 3.05) is 33.3 Å². The Bertz CT molecular complexity index is 800. The molecule has 172 valence electrons. The molecule has 3 fully saturated rings. The van der Waals surface area contributed by atoms with Crippen LogP contribution in [0.2, 0.25) is 0 Å². The minimum Gasteiger partial charge on any atom is -0.475 e. The Morgan fingerprint density at radius 2 is 1.87 bits per heavy atom. The molecule has 4 rings (SSSR count). The molecule has 0 radical (unpaired) electrons. The number of benzene rings is 1. The monoisotopic (exact) mass is 446 g/mol. The van der Waals surface area contributed by atoms with Gasteiger partial charge in [-0.25, -0.2) is 9.18 Å². The second-order valence-corrected chi connectivity index (χ2v) is 8.27. The van der Waals surface area contributed by atoms with Gasteiger partial charge >= 0.3 is 12.1 Å². The summed E-state index contributed by atoms with van der Waals surface area (Å²) in [6.45, 7) is 3.76. The number of fused-ring (bicyclic) bond motifs is 1. The van der Waals surface area contributed by atoms with Gasteiger partial charge in [-0.1, -0.05) is 6.07 Å². The van der Waals surface area contributed by atoms with E-state index in [9.17, 15) is 22.4 Å². The number of carbonyl (C=O) groups is 2. The van der Waals surface area contributed by atoms with Crippen LogP contribution in [0.5, 0.6) is 0 Å². The molecule has 1 aromatic carbocycles. The number of hydrogen-bond acceptors (Lipinski definition) is 4. The highest BCUT2D eigenvalue weighted by atomic mass is 19.4.